The fourth-order valence-corrected chi connectivity index (χ4v) is 4.41. The molecule has 2 aromatic rings. The summed E-state index contributed by atoms with van der Waals surface area (Å²) in [7, 11) is 0. The Kier molecular flexibility index (Phi) is 6.10. The van der Waals surface area contributed by atoms with Crippen molar-refractivity contribution in [2.75, 3.05) is 32.7 Å². The largest absolute Gasteiger partial charge is 0.338 e. The lowest BCUT2D eigenvalue weighted by atomic mass is 10.1. The van der Waals surface area contributed by atoms with Crippen LogP contribution in [0.2, 0.25) is 0 Å². The summed E-state index contributed by atoms with van der Waals surface area (Å²) >= 11 is 0. The third kappa shape index (κ3) is 4.62. The van der Waals surface area contributed by atoms with Crippen LogP contribution < -0.4 is 5.32 Å². The van der Waals surface area contributed by atoms with Crippen LogP contribution in [0.25, 0.3) is 0 Å². The molecule has 2 amide bonds. The van der Waals surface area contributed by atoms with Crippen LogP contribution in [0, 0.1) is 0 Å². The van der Waals surface area contributed by atoms with Crippen LogP contribution in [0.3, 0.4) is 0 Å². The number of amidine groups is 2. The number of urea groups is 1. The molecule has 1 N–H and O–H groups in total. The van der Waals surface area contributed by atoms with Crippen molar-refractivity contribution in [1.82, 2.24) is 25.1 Å². The van der Waals surface area contributed by atoms with E-state index < -0.39 is 0 Å². The van der Waals surface area contributed by atoms with Crippen LogP contribution in [0.1, 0.15) is 47.3 Å². The van der Waals surface area contributed by atoms with E-state index in [2.05, 4.69) is 15.3 Å². The molecule has 9 nitrogen and oxygen atoms in total. The number of Topliss-reactive ketones (excluding diaryl/α,β-unsaturated/α-hetero) is 1. The number of pyridine rings is 2. The van der Waals surface area contributed by atoms with Crippen molar-refractivity contribution < 1.29 is 9.59 Å². The summed E-state index contributed by atoms with van der Waals surface area (Å²) in [5, 5.41) is 3.00. The zero-order valence-corrected chi connectivity index (χ0v) is 18.5. The van der Waals surface area contributed by atoms with Gasteiger partial charge >= 0.3 is 6.03 Å². The van der Waals surface area contributed by atoms with Gasteiger partial charge in [-0.2, -0.15) is 0 Å². The molecular formula is C24H27N7O2. The number of carbonyl (C=O) groups excluding carboxylic acids is 2. The number of ketones is 1. The number of nitrogens with zero attached hydrogens (tertiary/aromatic N) is 6. The quantitative estimate of drug-likeness (QED) is 0.689. The summed E-state index contributed by atoms with van der Waals surface area (Å²) in [4.78, 5) is 47.1. The highest BCUT2D eigenvalue weighted by atomic mass is 16.2. The van der Waals surface area contributed by atoms with Gasteiger partial charge in [0.25, 0.3) is 0 Å². The number of hydrogen-bond donors (Lipinski definition) is 1. The van der Waals surface area contributed by atoms with Crippen molar-refractivity contribution in [3.63, 3.8) is 0 Å². The molecule has 5 heterocycles. The normalized spacial score (nSPS) is 17.1. The predicted molar refractivity (Wildman–Crippen MR) is 125 cm³/mol. The first-order chi connectivity index (χ1) is 16.2. The second kappa shape index (κ2) is 9.48. The maximum Gasteiger partial charge on any atom is 0.317 e. The Bertz CT molecular complexity index is 1110. The number of nitrogens with one attached hydrogen (secondary N) is 1. The van der Waals surface area contributed by atoms with Gasteiger partial charge in [-0.05, 0) is 43.5 Å². The van der Waals surface area contributed by atoms with Gasteiger partial charge < -0.3 is 15.1 Å². The van der Waals surface area contributed by atoms with Crippen molar-refractivity contribution in [3.8, 4) is 0 Å². The molecular weight excluding hydrogens is 418 g/mol. The standard InChI is InChI=1S/C24H27N7O2/c32-20(17-5-4-9-25-16-17)15-21-29-22-19(23-26-11-14-31(21)23)7-6-18(28-22)8-10-27-24(33)30-12-2-1-3-13-30/h4-7,9,16H,1-3,8,10-15H2,(H,27,33). The fourth-order valence-electron chi connectivity index (χ4n) is 4.41. The summed E-state index contributed by atoms with van der Waals surface area (Å²) in [6.45, 7) is 3.55. The first kappa shape index (κ1) is 21.2. The zero-order valence-electron chi connectivity index (χ0n) is 18.5. The summed E-state index contributed by atoms with van der Waals surface area (Å²) in [5.74, 6) is 2.04. The molecule has 0 saturated carbocycles. The minimum Gasteiger partial charge on any atom is -0.338 e. The van der Waals surface area contributed by atoms with E-state index in [-0.39, 0.29) is 18.2 Å². The monoisotopic (exact) mass is 445 g/mol. The lowest BCUT2D eigenvalue weighted by Gasteiger charge is -2.27. The van der Waals surface area contributed by atoms with E-state index >= 15 is 0 Å². The molecule has 0 aromatic carbocycles. The maximum atomic E-state index is 12.8. The number of likely N-dealkylation sites (tertiary alicyclic amines) is 1. The van der Waals surface area contributed by atoms with Crippen LogP contribution in [-0.4, -0.2) is 76.0 Å². The van der Waals surface area contributed by atoms with Gasteiger partial charge in [0.05, 0.1) is 18.5 Å². The molecule has 0 bridgehead atoms. The topological polar surface area (TPSA) is 103 Å². The molecule has 2 aromatic heterocycles. The second-order valence-corrected chi connectivity index (χ2v) is 8.43. The molecule has 3 aliphatic heterocycles. The lowest BCUT2D eigenvalue weighted by molar-refractivity contribution is 0.0998. The van der Waals surface area contributed by atoms with Gasteiger partial charge in [0.2, 0.25) is 0 Å². The van der Waals surface area contributed by atoms with Crippen molar-refractivity contribution in [2.45, 2.75) is 32.1 Å². The van der Waals surface area contributed by atoms with Gasteiger partial charge in [-0.15, -0.1) is 0 Å². The summed E-state index contributed by atoms with van der Waals surface area (Å²) in [6.07, 6.45) is 7.35. The third-order valence-corrected chi connectivity index (χ3v) is 6.16. The van der Waals surface area contributed by atoms with E-state index in [0.29, 0.717) is 43.3 Å². The molecule has 9 heteroatoms. The Morgan fingerprint density at radius 2 is 1.94 bits per heavy atom. The van der Waals surface area contributed by atoms with E-state index in [1.165, 1.54) is 6.42 Å². The van der Waals surface area contributed by atoms with E-state index in [1.807, 2.05) is 21.9 Å². The Hall–Kier alpha value is -3.62. The number of aromatic nitrogens is 2. The molecule has 0 spiro atoms. The highest BCUT2D eigenvalue weighted by Gasteiger charge is 2.31. The first-order valence-electron chi connectivity index (χ1n) is 11.5. The van der Waals surface area contributed by atoms with Gasteiger partial charge in [-0.3, -0.25) is 14.8 Å². The highest BCUT2D eigenvalue weighted by Crippen LogP contribution is 2.28. The molecule has 33 heavy (non-hydrogen) atoms. The van der Waals surface area contributed by atoms with Gasteiger partial charge in [0, 0.05) is 56.3 Å². The Balaban J connectivity index is 1.29. The smallest absolute Gasteiger partial charge is 0.317 e. The first-order valence-corrected chi connectivity index (χ1v) is 11.5. The van der Waals surface area contributed by atoms with Crippen LogP contribution >= 0.6 is 0 Å². The highest BCUT2D eigenvalue weighted by molar-refractivity contribution is 6.20. The second-order valence-electron chi connectivity index (χ2n) is 8.43. The van der Waals surface area contributed by atoms with E-state index in [9.17, 15) is 9.59 Å². The van der Waals surface area contributed by atoms with Crippen molar-refractivity contribution in [3.05, 3.63) is 53.5 Å². The minimum atomic E-state index is -0.0341. The lowest BCUT2D eigenvalue weighted by Crippen LogP contribution is -2.43. The Morgan fingerprint density at radius 1 is 1.06 bits per heavy atom. The van der Waals surface area contributed by atoms with Crippen LogP contribution in [-0.2, 0) is 6.42 Å². The number of piperidine rings is 1. The number of amides is 2. The summed E-state index contributed by atoms with van der Waals surface area (Å²) in [5.41, 5.74) is 2.29. The molecule has 3 aliphatic rings. The zero-order chi connectivity index (χ0) is 22.6. The number of rotatable bonds is 6. The molecule has 1 saturated heterocycles. The van der Waals surface area contributed by atoms with Crippen molar-refractivity contribution in [1.29, 1.82) is 0 Å². The van der Waals surface area contributed by atoms with Crippen LogP contribution in [0.4, 0.5) is 10.6 Å². The van der Waals surface area contributed by atoms with Crippen LogP contribution in [0.15, 0.2) is 46.6 Å². The number of fused-ring (bicyclic) bond motifs is 3. The summed E-state index contributed by atoms with van der Waals surface area (Å²) in [6, 6.07) is 7.47. The minimum absolute atomic E-state index is 0.00201. The molecule has 0 atom stereocenters. The predicted octanol–water partition coefficient (Wildman–Crippen LogP) is 2.59. The van der Waals surface area contributed by atoms with E-state index in [0.717, 1.165) is 43.0 Å². The van der Waals surface area contributed by atoms with Crippen LogP contribution in [0.5, 0.6) is 0 Å². The van der Waals surface area contributed by atoms with Gasteiger partial charge in [0.15, 0.2) is 11.6 Å². The Morgan fingerprint density at radius 3 is 2.76 bits per heavy atom. The van der Waals surface area contributed by atoms with E-state index in [4.69, 9.17) is 9.98 Å². The SMILES string of the molecule is O=C(CC1=Nc2nc(CCNC(=O)N3CCCCC3)ccc2C2=NCCN12)c1cccnc1. The molecule has 0 radical (unpaired) electrons. The number of hydrogen-bond acceptors (Lipinski definition) is 7. The molecule has 0 unspecified atom stereocenters. The van der Waals surface area contributed by atoms with Gasteiger partial charge in [-0.1, -0.05) is 0 Å². The Labute approximate surface area is 192 Å². The fraction of sp³-hybridized carbons (Fsp3) is 0.417. The maximum absolute atomic E-state index is 12.8. The average molecular weight is 446 g/mol. The van der Waals surface area contributed by atoms with E-state index in [1.54, 1.807) is 24.5 Å². The molecule has 5 rings (SSSR count). The molecule has 1 fully saturated rings. The van der Waals surface area contributed by atoms with Crippen molar-refractivity contribution >= 4 is 29.3 Å². The van der Waals surface area contributed by atoms with Gasteiger partial charge in [0.1, 0.15) is 11.7 Å². The molecule has 170 valence electrons. The molecule has 0 aliphatic carbocycles. The number of aliphatic imine (C=N–C) groups is 2. The third-order valence-electron chi connectivity index (χ3n) is 6.16. The summed E-state index contributed by atoms with van der Waals surface area (Å²) < 4.78 is 0. The number of carbonyl (C=O) groups is 2. The van der Waals surface area contributed by atoms with Gasteiger partial charge in [-0.25, -0.2) is 14.8 Å². The average Bonchev–Trinajstić information content (AvgIpc) is 3.35. The van der Waals surface area contributed by atoms with Crippen molar-refractivity contribution in [2.24, 2.45) is 9.98 Å².